The average Bonchev–Trinajstić information content (AvgIpc) is 2.59. The molecule has 0 aliphatic rings. The lowest BCUT2D eigenvalue weighted by Crippen LogP contribution is -2.31. The Hall–Kier alpha value is -0.110. The van der Waals surface area contributed by atoms with E-state index in [4.69, 9.17) is 4.74 Å². The van der Waals surface area contributed by atoms with Gasteiger partial charge in [-0.2, -0.15) is 0 Å². The second-order valence-electron chi connectivity index (χ2n) is 3.33. The predicted molar refractivity (Wildman–Crippen MR) is 68.6 cm³/mol. The Bertz CT molecular complexity index is 455. The van der Waals surface area contributed by atoms with Gasteiger partial charge in [0.15, 0.2) is 9.96 Å². The van der Waals surface area contributed by atoms with Gasteiger partial charge in [-0.25, -0.2) is 13.1 Å². The first kappa shape index (κ1) is 14.0. The van der Waals surface area contributed by atoms with Gasteiger partial charge in [0.25, 0.3) is 10.0 Å². The number of halogens is 1. The van der Waals surface area contributed by atoms with Gasteiger partial charge >= 0.3 is 0 Å². The van der Waals surface area contributed by atoms with E-state index in [0.717, 1.165) is 17.8 Å². The zero-order chi connectivity index (χ0) is 12.3. The minimum atomic E-state index is -3.48. The van der Waals surface area contributed by atoms with Crippen molar-refractivity contribution in [3.05, 3.63) is 9.85 Å². The minimum Gasteiger partial charge on any atom is -0.493 e. The lowest BCUT2D eigenvalue weighted by Gasteiger charge is -2.11. The fourth-order valence-electron chi connectivity index (χ4n) is 1.08. The fraction of sp³-hybridized carbons (Fsp3) is 0.556. The largest absolute Gasteiger partial charge is 0.493 e. The number of sulfonamides is 1. The molecular weight excluding hydrogens is 314 g/mol. The molecule has 0 aliphatic carbocycles. The smallest absolute Gasteiger partial charge is 0.254 e. The van der Waals surface area contributed by atoms with E-state index in [1.807, 2.05) is 13.8 Å². The van der Waals surface area contributed by atoms with Crippen LogP contribution in [0.4, 0.5) is 0 Å². The van der Waals surface area contributed by atoms with E-state index in [9.17, 15) is 8.42 Å². The Morgan fingerprint density at radius 3 is 2.75 bits per heavy atom. The molecule has 0 radical (unpaired) electrons. The Morgan fingerprint density at radius 2 is 2.25 bits per heavy atom. The van der Waals surface area contributed by atoms with Crippen LogP contribution >= 0.6 is 27.3 Å². The molecule has 1 atom stereocenters. The normalized spacial score (nSPS) is 13.8. The van der Waals surface area contributed by atoms with E-state index in [-0.39, 0.29) is 10.3 Å². The molecule has 16 heavy (non-hydrogen) atoms. The third kappa shape index (κ3) is 2.97. The Morgan fingerprint density at radius 1 is 1.62 bits per heavy atom. The summed E-state index contributed by atoms with van der Waals surface area (Å²) in [6, 6.07) is -0.0874. The van der Waals surface area contributed by atoms with Crippen LogP contribution in [0.1, 0.15) is 20.3 Å². The molecular formula is C9H14BrNO3S2. The van der Waals surface area contributed by atoms with E-state index in [2.05, 4.69) is 20.7 Å². The molecule has 0 aliphatic heterocycles. The molecule has 1 N–H and O–H groups in total. The second-order valence-corrected chi connectivity index (χ2v) is 6.98. The maximum absolute atomic E-state index is 12.0. The number of nitrogens with one attached hydrogen (secondary N) is 1. The molecule has 1 rings (SSSR count). The van der Waals surface area contributed by atoms with Gasteiger partial charge in [0.1, 0.15) is 0 Å². The highest BCUT2D eigenvalue weighted by Crippen LogP contribution is 2.38. The highest BCUT2D eigenvalue weighted by atomic mass is 79.9. The van der Waals surface area contributed by atoms with E-state index >= 15 is 0 Å². The Labute approximate surface area is 108 Å². The van der Waals surface area contributed by atoms with Gasteiger partial charge in [-0.05, 0) is 29.3 Å². The van der Waals surface area contributed by atoms with Crippen molar-refractivity contribution < 1.29 is 13.2 Å². The molecule has 1 heterocycles. The molecule has 0 amide bonds. The van der Waals surface area contributed by atoms with Gasteiger partial charge in [0, 0.05) is 11.4 Å². The maximum atomic E-state index is 12.0. The van der Waals surface area contributed by atoms with Crippen molar-refractivity contribution >= 4 is 37.3 Å². The fourth-order valence-corrected chi connectivity index (χ4v) is 4.63. The van der Waals surface area contributed by atoms with Gasteiger partial charge in [0.2, 0.25) is 0 Å². The number of thiophene rings is 1. The van der Waals surface area contributed by atoms with Crippen molar-refractivity contribution in [2.45, 2.75) is 30.5 Å². The molecule has 0 spiro atoms. The SMILES string of the molecule is CCC(C)NS(=O)(=O)c1scc(Br)c1OC. The van der Waals surface area contributed by atoms with Crippen LogP contribution in [0.3, 0.4) is 0 Å². The summed E-state index contributed by atoms with van der Waals surface area (Å²) in [5, 5.41) is 1.70. The van der Waals surface area contributed by atoms with Gasteiger partial charge in [-0.15, -0.1) is 11.3 Å². The predicted octanol–water partition coefficient (Wildman–Crippen LogP) is 2.60. The zero-order valence-electron chi connectivity index (χ0n) is 9.28. The van der Waals surface area contributed by atoms with Crippen molar-refractivity contribution in [2.75, 3.05) is 7.11 Å². The molecule has 4 nitrogen and oxygen atoms in total. The van der Waals surface area contributed by atoms with Gasteiger partial charge in [-0.1, -0.05) is 6.92 Å². The molecule has 0 bridgehead atoms. The van der Waals surface area contributed by atoms with Crippen LogP contribution in [0.2, 0.25) is 0 Å². The van der Waals surface area contributed by atoms with Gasteiger partial charge in [-0.3, -0.25) is 0 Å². The summed E-state index contributed by atoms with van der Waals surface area (Å²) in [5.74, 6) is 0.362. The van der Waals surface area contributed by atoms with Crippen molar-refractivity contribution in [3.8, 4) is 5.75 Å². The van der Waals surface area contributed by atoms with Crippen molar-refractivity contribution in [3.63, 3.8) is 0 Å². The van der Waals surface area contributed by atoms with Crippen LogP contribution in [0.15, 0.2) is 14.1 Å². The molecule has 0 saturated carbocycles. The molecule has 92 valence electrons. The standard InChI is InChI=1S/C9H14BrNO3S2/c1-4-6(2)11-16(12,13)9-8(14-3)7(10)5-15-9/h5-6,11H,4H2,1-3H3. The molecule has 1 aromatic heterocycles. The topological polar surface area (TPSA) is 55.4 Å². The molecule has 0 fully saturated rings. The van der Waals surface area contributed by atoms with Crippen LogP contribution in [-0.4, -0.2) is 21.6 Å². The summed E-state index contributed by atoms with van der Waals surface area (Å²) in [5.41, 5.74) is 0. The van der Waals surface area contributed by atoms with Crippen LogP contribution in [0, 0.1) is 0 Å². The Balaban J connectivity index is 3.07. The quantitative estimate of drug-likeness (QED) is 0.904. The molecule has 0 aromatic carbocycles. The number of methoxy groups -OCH3 is 1. The lowest BCUT2D eigenvalue weighted by molar-refractivity contribution is 0.403. The van der Waals surface area contributed by atoms with E-state index < -0.39 is 10.0 Å². The van der Waals surface area contributed by atoms with Crippen LogP contribution in [-0.2, 0) is 10.0 Å². The monoisotopic (exact) mass is 327 g/mol. The number of rotatable bonds is 5. The first-order valence-corrected chi connectivity index (χ1v) is 7.91. The number of hydrogen-bond donors (Lipinski definition) is 1. The number of hydrogen-bond acceptors (Lipinski definition) is 4. The van der Waals surface area contributed by atoms with E-state index in [1.165, 1.54) is 7.11 Å². The maximum Gasteiger partial charge on any atom is 0.254 e. The van der Waals surface area contributed by atoms with Crippen LogP contribution in [0.25, 0.3) is 0 Å². The lowest BCUT2D eigenvalue weighted by atomic mass is 10.3. The summed E-state index contributed by atoms with van der Waals surface area (Å²) in [7, 11) is -2.03. The summed E-state index contributed by atoms with van der Waals surface area (Å²) < 4.78 is 32.5. The van der Waals surface area contributed by atoms with Crippen molar-refractivity contribution in [1.82, 2.24) is 4.72 Å². The Kier molecular flexibility index (Phi) is 4.78. The summed E-state index contributed by atoms with van der Waals surface area (Å²) in [4.78, 5) is 0. The zero-order valence-corrected chi connectivity index (χ0v) is 12.5. The average molecular weight is 328 g/mol. The minimum absolute atomic E-state index is 0.0874. The first-order chi connectivity index (χ1) is 7.42. The molecule has 7 heteroatoms. The van der Waals surface area contributed by atoms with Crippen molar-refractivity contribution in [1.29, 1.82) is 0 Å². The second kappa shape index (κ2) is 5.48. The van der Waals surface area contributed by atoms with Gasteiger partial charge in [0.05, 0.1) is 11.6 Å². The third-order valence-electron chi connectivity index (χ3n) is 2.09. The van der Waals surface area contributed by atoms with Crippen LogP contribution < -0.4 is 9.46 Å². The number of ether oxygens (including phenoxy) is 1. The molecule has 1 unspecified atom stereocenters. The molecule has 0 saturated heterocycles. The molecule has 1 aromatic rings. The van der Waals surface area contributed by atoms with E-state index in [1.54, 1.807) is 5.38 Å². The first-order valence-electron chi connectivity index (χ1n) is 4.75. The summed E-state index contributed by atoms with van der Waals surface area (Å²) >= 11 is 4.38. The highest BCUT2D eigenvalue weighted by Gasteiger charge is 2.24. The summed E-state index contributed by atoms with van der Waals surface area (Å²) in [6.07, 6.45) is 0.744. The van der Waals surface area contributed by atoms with Crippen LogP contribution in [0.5, 0.6) is 5.75 Å². The highest BCUT2D eigenvalue weighted by molar-refractivity contribution is 9.10. The van der Waals surface area contributed by atoms with E-state index in [0.29, 0.717) is 10.2 Å². The third-order valence-corrected chi connectivity index (χ3v) is 6.07. The van der Waals surface area contributed by atoms with Crippen molar-refractivity contribution in [2.24, 2.45) is 0 Å². The summed E-state index contributed by atoms with van der Waals surface area (Å²) in [6.45, 7) is 3.75. The van der Waals surface area contributed by atoms with Gasteiger partial charge < -0.3 is 4.74 Å².